The molecule has 8 heteroatoms. The molecule has 1 fully saturated rings. The van der Waals surface area contributed by atoms with Crippen LogP contribution in [0.1, 0.15) is 36.4 Å². The van der Waals surface area contributed by atoms with Gasteiger partial charge < -0.3 is 20.3 Å². The van der Waals surface area contributed by atoms with Gasteiger partial charge in [0.1, 0.15) is 0 Å². The fraction of sp³-hybridized carbons (Fsp3) is 0.529. The normalized spacial score (nSPS) is 22.3. The van der Waals surface area contributed by atoms with Crippen LogP contribution < -0.4 is 10.6 Å². The third-order valence-electron chi connectivity index (χ3n) is 4.79. The third kappa shape index (κ3) is 3.96. The maximum atomic E-state index is 12.4. The third-order valence-corrected chi connectivity index (χ3v) is 5.63. The molecule has 2 atom stereocenters. The Morgan fingerprint density at radius 2 is 2.04 bits per heavy atom. The summed E-state index contributed by atoms with van der Waals surface area (Å²) in [4.78, 5) is 25.6. The Morgan fingerprint density at radius 1 is 1.24 bits per heavy atom. The number of nitrogens with zero attached hydrogens (tertiary/aromatic N) is 1. The Bertz CT molecular complexity index is 683. The first-order valence-electron chi connectivity index (χ1n) is 8.36. The van der Waals surface area contributed by atoms with Gasteiger partial charge in [0, 0.05) is 19.1 Å². The topological polar surface area (TPSA) is 70.7 Å². The number of amides is 3. The van der Waals surface area contributed by atoms with Gasteiger partial charge in [0.05, 0.1) is 23.2 Å². The number of likely N-dealkylation sites (tertiary alicyclic amines) is 1. The fourth-order valence-corrected chi connectivity index (χ4v) is 4.00. The summed E-state index contributed by atoms with van der Waals surface area (Å²) in [6, 6.07) is 3.28. The average molecular weight is 386 g/mol. The summed E-state index contributed by atoms with van der Waals surface area (Å²) in [6.45, 7) is 1.12. The van der Waals surface area contributed by atoms with Gasteiger partial charge in [-0.3, -0.25) is 0 Å². The number of fused-ring (bicyclic) bond motifs is 1. The van der Waals surface area contributed by atoms with Gasteiger partial charge in [-0.25, -0.2) is 9.59 Å². The Labute approximate surface area is 156 Å². The maximum absolute atomic E-state index is 12.4. The molecule has 3 amide bonds. The number of urea groups is 1. The van der Waals surface area contributed by atoms with E-state index in [9.17, 15) is 9.59 Å². The van der Waals surface area contributed by atoms with E-state index in [1.54, 1.807) is 11.0 Å². The second-order valence-electron chi connectivity index (χ2n) is 6.39. The summed E-state index contributed by atoms with van der Waals surface area (Å²) < 4.78 is 4.75. The largest absolute Gasteiger partial charge is 0.453 e. The second-order valence-corrected chi connectivity index (χ2v) is 7.18. The summed E-state index contributed by atoms with van der Waals surface area (Å²) in [5, 5.41) is 7.07. The molecule has 2 N–H and O–H groups in total. The van der Waals surface area contributed by atoms with Gasteiger partial charge in [-0.15, -0.1) is 0 Å². The molecule has 1 aliphatic heterocycles. The summed E-state index contributed by atoms with van der Waals surface area (Å²) in [7, 11) is 1.36. The smallest absolute Gasteiger partial charge is 0.409 e. The predicted octanol–water partition coefficient (Wildman–Crippen LogP) is 3.51. The summed E-state index contributed by atoms with van der Waals surface area (Å²) in [5.41, 5.74) is 2.03. The van der Waals surface area contributed by atoms with E-state index in [4.69, 9.17) is 27.9 Å². The minimum Gasteiger partial charge on any atom is -0.453 e. The Morgan fingerprint density at radius 3 is 2.80 bits per heavy atom. The lowest BCUT2D eigenvalue weighted by Gasteiger charge is -2.32. The second kappa shape index (κ2) is 7.70. The van der Waals surface area contributed by atoms with Crippen LogP contribution in [0.15, 0.2) is 12.1 Å². The average Bonchev–Trinajstić information content (AvgIpc) is 3.01. The molecule has 1 heterocycles. The molecule has 2 aliphatic rings. The quantitative estimate of drug-likeness (QED) is 0.817. The van der Waals surface area contributed by atoms with E-state index in [0.717, 1.165) is 36.8 Å². The number of methoxy groups -OCH3 is 1. The molecule has 0 spiro atoms. The minimum atomic E-state index is -0.358. The van der Waals surface area contributed by atoms with Crippen molar-refractivity contribution in [3.05, 3.63) is 33.3 Å². The number of hydrogen-bond donors (Lipinski definition) is 2. The van der Waals surface area contributed by atoms with Gasteiger partial charge in [0.2, 0.25) is 0 Å². The molecule has 6 nitrogen and oxygen atoms in total. The number of carbonyl (C=O) groups excluding carboxylic acids is 2. The highest BCUT2D eigenvalue weighted by molar-refractivity contribution is 6.42. The number of ether oxygens (including phenoxy) is 1. The molecular formula is C17H21Cl2N3O3. The molecule has 0 radical (unpaired) electrons. The number of benzene rings is 1. The van der Waals surface area contributed by atoms with Crippen LogP contribution in [0.4, 0.5) is 9.59 Å². The van der Waals surface area contributed by atoms with Crippen molar-refractivity contribution in [3.63, 3.8) is 0 Å². The molecule has 1 aromatic carbocycles. The van der Waals surface area contributed by atoms with Crippen LogP contribution in [0.3, 0.4) is 0 Å². The van der Waals surface area contributed by atoms with E-state index in [1.807, 2.05) is 6.07 Å². The first kappa shape index (κ1) is 18.1. The van der Waals surface area contributed by atoms with Crippen molar-refractivity contribution in [2.45, 2.75) is 37.8 Å². The SMILES string of the molecule is COC(=O)N1CCCC(NC(=O)NC2CCc3c2ccc(Cl)c3Cl)C1. The zero-order chi connectivity index (χ0) is 18.0. The van der Waals surface area contributed by atoms with Gasteiger partial charge in [0.25, 0.3) is 0 Å². The van der Waals surface area contributed by atoms with Crippen LogP contribution in [0.25, 0.3) is 0 Å². The number of piperidine rings is 1. The first-order chi connectivity index (χ1) is 12.0. The van der Waals surface area contributed by atoms with E-state index >= 15 is 0 Å². The number of rotatable bonds is 2. The van der Waals surface area contributed by atoms with Gasteiger partial charge in [-0.1, -0.05) is 29.3 Å². The van der Waals surface area contributed by atoms with Crippen LogP contribution in [-0.2, 0) is 11.2 Å². The van der Waals surface area contributed by atoms with Crippen LogP contribution in [0.2, 0.25) is 10.0 Å². The Balaban J connectivity index is 1.58. The van der Waals surface area contributed by atoms with Gasteiger partial charge in [-0.2, -0.15) is 0 Å². The lowest BCUT2D eigenvalue weighted by molar-refractivity contribution is 0.108. The van der Waals surface area contributed by atoms with E-state index in [-0.39, 0.29) is 24.2 Å². The van der Waals surface area contributed by atoms with Crippen molar-refractivity contribution in [2.24, 2.45) is 0 Å². The first-order valence-corrected chi connectivity index (χ1v) is 9.12. The monoisotopic (exact) mass is 385 g/mol. The summed E-state index contributed by atoms with van der Waals surface area (Å²) in [5.74, 6) is 0. The molecule has 0 saturated carbocycles. The number of carbonyl (C=O) groups is 2. The number of halogens is 2. The summed E-state index contributed by atoms with van der Waals surface area (Å²) >= 11 is 12.3. The molecular weight excluding hydrogens is 365 g/mol. The van der Waals surface area contributed by atoms with Crippen molar-refractivity contribution in [1.29, 1.82) is 0 Å². The van der Waals surface area contributed by atoms with Crippen LogP contribution >= 0.6 is 23.2 Å². The van der Waals surface area contributed by atoms with Crippen molar-refractivity contribution in [1.82, 2.24) is 15.5 Å². The highest BCUT2D eigenvalue weighted by Gasteiger charge is 2.29. The Hall–Kier alpha value is -1.66. The molecule has 136 valence electrons. The van der Waals surface area contributed by atoms with E-state index in [0.29, 0.717) is 23.1 Å². The predicted molar refractivity (Wildman–Crippen MR) is 96.2 cm³/mol. The lowest BCUT2D eigenvalue weighted by atomic mass is 10.1. The van der Waals surface area contributed by atoms with Gasteiger partial charge in [0.15, 0.2) is 0 Å². The van der Waals surface area contributed by atoms with E-state index in [1.165, 1.54) is 7.11 Å². The molecule has 1 saturated heterocycles. The van der Waals surface area contributed by atoms with Crippen molar-refractivity contribution in [3.8, 4) is 0 Å². The van der Waals surface area contributed by atoms with Crippen LogP contribution in [0, 0.1) is 0 Å². The fourth-order valence-electron chi connectivity index (χ4n) is 3.56. The van der Waals surface area contributed by atoms with Gasteiger partial charge >= 0.3 is 12.1 Å². The standard InChI is InChI=1S/C17H21Cl2N3O3/c1-25-17(24)22-8-2-3-10(9-22)20-16(23)21-14-7-5-12-11(14)4-6-13(18)15(12)19/h4,6,10,14H,2-3,5,7-9H2,1H3,(H2,20,21,23). The molecule has 1 aliphatic carbocycles. The van der Waals surface area contributed by atoms with Crippen molar-refractivity contribution < 1.29 is 14.3 Å². The Kier molecular flexibility index (Phi) is 5.59. The zero-order valence-corrected chi connectivity index (χ0v) is 15.5. The van der Waals surface area contributed by atoms with Crippen LogP contribution in [0.5, 0.6) is 0 Å². The van der Waals surface area contributed by atoms with E-state index in [2.05, 4.69) is 10.6 Å². The maximum Gasteiger partial charge on any atom is 0.409 e. The molecule has 2 unspecified atom stereocenters. The zero-order valence-electron chi connectivity index (χ0n) is 14.0. The van der Waals surface area contributed by atoms with Crippen LogP contribution in [-0.4, -0.2) is 43.3 Å². The van der Waals surface area contributed by atoms with Crippen molar-refractivity contribution in [2.75, 3.05) is 20.2 Å². The highest BCUT2D eigenvalue weighted by Crippen LogP contribution is 2.38. The minimum absolute atomic E-state index is 0.0786. The molecule has 0 bridgehead atoms. The molecule has 1 aromatic rings. The molecule has 25 heavy (non-hydrogen) atoms. The lowest BCUT2D eigenvalue weighted by Crippen LogP contribution is -2.52. The highest BCUT2D eigenvalue weighted by atomic mass is 35.5. The summed E-state index contributed by atoms with van der Waals surface area (Å²) in [6.07, 6.45) is 2.90. The van der Waals surface area contributed by atoms with E-state index < -0.39 is 0 Å². The number of hydrogen-bond acceptors (Lipinski definition) is 3. The van der Waals surface area contributed by atoms with Gasteiger partial charge in [-0.05, 0) is 42.9 Å². The molecule has 3 rings (SSSR count). The van der Waals surface area contributed by atoms with Crippen molar-refractivity contribution >= 4 is 35.3 Å². The number of nitrogens with one attached hydrogen (secondary N) is 2. The molecule has 0 aromatic heterocycles.